The van der Waals surface area contributed by atoms with E-state index in [1.54, 1.807) is 13.2 Å². The standard InChI is InChI=1S/C18H21NO3/c1-19-8-5-11-9-14(22-2)17(21)16-15(11)13(19)10-18(16)6-3-12(20)4-7-18/h3,6,9,13,21H,4-5,7-8,10H2,1-2H3/t13-,18-/m0/s1. The van der Waals surface area contributed by atoms with E-state index < -0.39 is 0 Å². The first-order chi connectivity index (χ1) is 10.6. The van der Waals surface area contributed by atoms with E-state index in [1.807, 2.05) is 12.1 Å². The highest BCUT2D eigenvalue weighted by atomic mass is 16.5. The first kappa shape index (κ1) is 13.8. The number of phenolic OH excluding ortho intramolecular Hbond substituents is 1. The van der Waals surface area contributed by atoms with Crippen LogP contribution in [0.25, 0.3) is 0 Å². The van der Waals surface area contributed by atoms with Crippen LogP contribution in [0.2, 0.25) is 0 Å². The van der Waals surface area contributed by atoms with Crippen molar-refractivity contribution in [3.05, 3.63) is 34.9 Å². The van der Waals surface area contributed by atoms with E-state index in [2.05, 4.69) is 11.9 Å². The molecule has 1 aromatic rings. The molecule has 1 spiro atoms. The molecule has 3 aliphatic rings. The molecule has 0 amide bonds. The molecule has 2 atom stereocenters. The molecule has 0 unspecified atom stereocenters. The van der Waals surface area contributed by atoms with Gasteiger partial charge in [-0.15, -0.1) is 0 Å². The van der Waals surface area contributed by atoms with Crippen molar-refractivity contribution in [1.82, 2.24) is 4.90 Å². The molecule has 1 aromatic carbocycles. The molecule has 2 aliphatic carbocycles. The van der Waals surface area contributed by atoms with E-state index in [4.69, 9.17) is 4.74 Å². The van der Waals surface area contributed by atoms with Crippen LogP contribution in [0.15, 0.2) is 18.2 Å². The van der Waals surface area contributed by atoms with E-state index in [0.717, 1.165) is 31.4 Å². The molecule has 0 radical (unpaired) electrons. The third-order valence-corrected chi connectivity index (χ3v) is 5.67. The SMILES string of the molecule is COc1cc2c3c(c1O)[C@]1(C=CC(=O)CC1)C[C@@H]3N(C)CC2. The lowest BCUT2D eigenvalue weighted by molar-refractivity contribution is -0.115. The second-order valence-corrected chi connectivity index (χ2v) is 6.78. The summed E-state index contributed by atoms with van der Waals surface area (Å²) >= 11 is 0. The second-order valence-electron chi connectivity index (χ2n) is 6.78. The fourth-order valence-electron chi connectivity index (χ4n) is 4.48. The van der Waals surface area contributed by atoms with Crippen LogP contribution in [-0.2, 0) is 16.6 Å². The number of phenols is 1. The van der Waals surface area contributed by atoms with Crippen LogP contribution >= 0.6 is 0 Å². The normalized spacial score (nSPS) is 29.9. The molecule has 1 N–H and O–H groups in total. The van der Waals surface area contributed by atoms with Gasteiger partial charge in [0.15, 0.2) is 17.3 Å². The highest BCUT2D eigenvalue weighted by Crippen LogP contribution is 2.58. The second kappa shape index (κ2) is 4.59. The molecule has 0 aromatic heterocycles. The quantitative estimate of drug-likeness (QED) is 0.865. The minimum absolute atomic E-state index is 0.182. The molecule has 1 heterocycles. The number of carbonyl (C=O) groups is 1. The van der Waals surface area contributed by atoms with Crippen molar-refractivity contribution < 1.29 is 14.6 Å². The van der Waals surface area contributed by atoms with Crippen LogP contribution in [-0.4, -0.2) is 36.5 Å². The lowest BCUT2D eigenvalue weighted by Gasteiger charge is -2.32. The summed E-state index contributed by atoms with van der Waals surface area (Å²) in [7, 11) is 3.75. The van der Waals surface area contributed by atoms with Gasteiger partial charge in [0.25, 0.3) is 0 Å². The average Bonchev–Trinajstić information content (AvgIpc) is 2.86. The van der Waals surface area contributed by atoms with Gasteiger partial charge in [-0.3, -0.25) is 9.69 Å². The van der Waals surface area contributed by atoms with E-state index in [-0.39, 0.29) is 16.9 Å². The number of ketones is 1. The van der Waals surface area contributed by atoms with Gasteiger partial charge >= 0.3 is 0 Å². The largest absolute Gasteiger partial charge is 0.504 e. The number of ether oxygens (including phenoxy) is 1. The fourth-order valence-corrected chi connectivity index (χ4v) is 4.48. The molecule has 1 aliphatic heterocycles. The Kier molecular flexibility index (Phi) is 2.89. The summed E-state index contributed by atoms with van der Waals surface area (Å²) in [4.78, 5) is 14.0. The number of allylic oxidation sites excluding steroid dienone is 2. The van der Waals surface area contributed by atoms with Crippen LogP contribution in [0.1, 0.15) is 42.0 Å². The smallest absolute Gasteiger partial charge is 0.162 e. The van der Waals surface area contributed by atoms with Gasteiger partial charge in [-0.05, 0) is 49.6 Å². The van der Waals surface area contributed by atoms with Gasteiger partial charge in [-0.1, -0.05) is 6.08 Å². The number of nitrogens with zero attached hydrogens (tertiary/aromatic N) is 1. The molecule has 22 heavy (non-hydrogen) atoms. The number of rotatable bonds is 1. The van der Waals surface area contributed by atoms with Gasteiger partial charge < -0.3 is 9.84 Å². The Morgan fingerprint density at radius 3 is 2.91 bits per heavy atom. The van der Waals surface area contributed by atoms with Gasteiger partial charge in [0, 0.05) is 30.0 Å². The molecule has 4 heteroatoms. The Morgan fingerprint density at radius 1 is 1.41 bits per heavy atom. The minimum atomic E-state index is -0.222. The molecule has 116 valence electrons. The zero-order chi connectivity index (χ0) is 15.5. The van der Waals surface area contributed by atoms with Crippen LogP contribution < -0.4 is 4.74 Å². The first-order valence-electron chi connectivity index (χ1n) is 7.91. The number of likely N-dealkylation sites (N-methyl/N-ethyl adjacent to an activating group) is 1. The third kappa shape index (κ3) is 1.70. The number of methoxy groups -OCH3 is 1. The van der Waals surface area contributed by atoms with Crippen LogP contribution in [0.3, 0.4) is 0 Å². The lowest BCUT2D eigenvalue weighted by atomic mass is 9.73. The molecule has 0 saturated carbocycles. The van der Waals surface area contributed by atoms with Crippen molar-refractivity contribution >= 4 is 5.78 Å². The van der Waals surface area contributed by atoms with Crippen molar-refractivity contribution in [2.75, 3.05) is 20.7 Å². The number of hydrogen-bond acceptors (Lipinski definition) is 4. The van der Waals surface area contributed by atoms with Crippen LogP contribution in [0.4, 0.5) is 0 Å². The van der Waals surface area contributed by atoms with Gasteiger partial charge in [0.2, 0.25) is 0 Å². The maximum Gasteiger partial charge on any atom is 0.162 e. The van der Waals surface area contributed by atoms with Crippen molar-refractivity contribution in [2.45, 2.75) is 37.1 Å². The Balaban J connectivity index is 1.98. The Morgan fingerprint density at radius 2 is 2.23 bits per heavy atom. The predicted molar refractivity (Wildman–Crippen MR) is 83.4 cm³/mol. The molecule has 0 bridgehead atoms. The van der Waals surface area contributed by atoms with E-state index in [0.29, 0.717) is 18.2 Å². The Hall–Kier alpha value is -1.81. The van der Waals surface area contributed by atoms with E-state index >= 15 is 0 Å². The molecule has 0 fully saturated rings. The summed E-state index contributed by atoms with van der Waals surface area (Å²) in [5.74, 6) is 1.00. The number of benzene rings is 1. The van der Waals surface area contributed by atoms with Gasteiger partial charge in [-0.25, -0.2) is 0 Å². The Labute approximate surface area is 130 Å². The number of hydrogen-bond donors (Lipinski definition) is 1. The molecule has 0 saturated heterocycles. The van der Waals surface area contributed by atoms with Gasteiger partial charge in [-0.2, -0.15) is 0 Å². The van der Waals surface area contributed by atoms with Crippen molar-refractivity contribution in [1.29, 1.82) is 0 Å². The maximum absolute atomic E-state index is 11.6. The van der Waals surface area contributed by atoms with Crippen LogP contribution in [0.5, 0.6) is 11.5 Å². The average molecular weight is 299 g/mol. The van der Waals surface area contributed by atoms with Crippen molar-refractivity contribution in [3.8, 4) is 11.5 Å². The van der Waals surface area contributed by atoms with Gasteiger partial charge in [0.1, 0.15) is 0 Å². The Bertz CT molecular complexity index is 694. The minimum Gasteiger partial charge on any atom is -0.504 e. The van der Waals surface area contributed by atoms with E-state index in [9.17, 15) is 9.90 Å². The fraction of sp³-hybridized carbons (Fsp3) is 0.500. The number of fused-ring (bicyclic) bond motifs is 1. The molecule has 4 nitrogen and oxygen atoms in total. The summed E-state index contributed by atoms with van der Waals surface area (Å²) in [6, 6.07) is 2.32. The molecular formula is C18H21NO3. The van der Waals surface area contributed by atoms with E-state index in [1.165, 1.54) is 11.1 Å². The van der Waals surface area contributed by atoms with Gasteiger partial charge in [0.05, 0.1) is 7.11 Å². The predicted octanol–water partition coefficient (Wildman–Crippen LogP) is 2.49. The highest BCUT2D eigenvalue weighted by molar-refractivity contribution is 5.91. The summed E-state index contributed by atoms with van der Waals surface area (Å²) in [5, 5.41) is 10.8. The van der Waals surface area contributed by atoms with Crippen LogP contribution in [0, 0.1) is 0 Å². The third-order valence-electron chi connectivity index (χ3n) is 5.67. The topological polar surface area (TPSA) is 49.8 Å². The van der Waals surface area contributed by atoms with Crippen molar-refractivity contribution in [2.24, 2.45) is 0 Å². The highest BCUT2D eigenvalue weighted by Gasteiger charge is 2.49. The van der Waals surface area contributed by atoms with Crippen molar-refractivity contribution in [3.63, 3.8) is 0 Å². The summed E-state index contributed by atoms with van der Waals surface area (Å²) < 4.78 is 5.40. The first-order valence-corrected chi connectivity index (χ1v) is 7.91. The maximum atomic E-state index is 11.6. The lowest BCUT2D eigenvalue weighted by Crippen LogP contribution is -2.31. The zero-order valence-corrected chi connectivity index (χ0v) is 13.1. The number of carbonyl (C=O) groups excluding carboxylic acids is 1. The summed E-state index contributed by atoms with van der Waals surface area (Å²) in [6.45, 7) is 1.02. The summed E-state index contributed by atoms with van der Waals surface area (Å²) in [6.07, 6.45) is 6.98. The summed E-state index contributed by atoms with van der Waals surface area (Å²) in [5.41, 5.74) is 3.34. The molecular weight excluding hydrogens is 278 g/mol. The number of aromatic hydroxyl groups is 1. The monoisotopic (exact) mass is 299 g/mol. The zero-order valence-electron chi connectivity index (χ0n) is 13.1. The molecule has 4 rings (SSSR count).